The number of carbonyl (C=O) groups is 1. The maximum atomic E-state index is 13.2. The number of carbonyl (C=O) groups excluding carboxylic acids is 1. The average Bonchev–Trinajstić information content (AvgIpc) is 3.47. The molecule has 0 bridgehead atoms. The van der Waals surface area contributed by atoms with E-state index in [0.717, 1.165) is 40.6 Å². The minimum Gasteiger partial charge on any atom is -0.508 e. The molecule has 0 aliphatic heterocycles. The third-order valence-electron chi connectivity index (χ3n) is 6.48. The molecule has 1 heterocycles. The van der Waals surface area contributed by atoms with Crippen LogP contribution in [0, 0.1) is 6.92 Å². The summed E-state index contributed by atoms with van der Waals surface area (Å²) < 4.78 is 2.04. The van der Waals surface area contributed by atoms with Crippen molar-refractivity contribution < 1.29 is 24.4 Å². The third-order valence-corrected chi connectivity index (χ3v) is 6.48. The van der Waals surface area contributed by atoms with Crippen LogP contribution in [0.1, 0.15) is 54.7 Å². The first-order chi connectivity index (χ1) is 15.0. The number of aliphatic hydroxyl groups is 2. The maximum absolute atomic E-state index is 13.2. The first kappa shape index (κ1) is 22.4. The van der Waals surface area contributed by atoms with Crippen LogP contribution in [-0.2, 0) is 22.2 Å². The molecule has 1 atom stereocenters. The number of hydrogen-bond acceptors (Lipinski definition) is 4. The summed E-state index contributed by atoms with van der Waals surface area (Å²) in [6.45, 7) is 8.18. The molecule has 3 aromatic rings. The molecule has 0 saturated heterocycles. The molecule has 1 amide bonds. The molecule has 0 unspecified atom stereocenters. The summed E-state index contributed by atoms with van der Waals surface area (Å²) in [5, 5.41) is 33.5. The summed E-state index contributed by atoms with van der Waals surface area (Å²) in [5.74, 6) is 0.149. The van der Waals surface area contributed by atoms with Crippen LogP contribution in [0.15, 0.2) is 42.5 Å². The van der Waals surface area contributed by atoms with Crippen LogP contribution < -0.4 is 5.32 Å². The van der Waals surface area contributed by atoms with Crippen molar-refractivity contribution in [3.63, 3.8) is 0 Å². The highest BCUT2D eigenvalue weighted by Crippen LogP contribution is 2.50. The van der Waals surface area contributed by atoms with Crippen LogP contribution >= 0.6 is 0 Å². The maximum Gasteiger partial charge on any atom is 0.235 e. The SMILES string of the molecule is Cc1ccc(C2(C(=O)Nc3ccc4c(c3)cc(C(C)(C)C)n4C[C@@H](O)CO)CC2)cc1O.[HH].[HH].[HH]. The van der Waals surface area contributed by atoms with Gasteiger partial charge in [-0.05, 0) is 61.2 Å². The number of aromatic hydroxyl groups is 1. The van der Waals surface area contributed by atoms with Crippen LogP contribution in [0.4, 0.5) is 5.69 Å². The van der Waals surface area contributed by atoms with Gasteiger partial charge in [-0.2, -0.15) is 0 Å². The summed E-state index contributed by atoms with van der Waals surface area (Å²) in [7, 11) is 0. The molecule has 0 spiro atoms. The summed E-state index contributed by atoms with van der Waals surface area (Å²) >= 11 is 0. The number of fused-ring (bicyclic) bond motifs is 1. The molecule has 1 saturated carbocycles. The van der Waals surface area contributed by atoms with Crippen molar-refractivity contribution in [2.24, 2.45) is 0 Å². The zero-order valence-corrected chi connectivity index (χ0v) is 19.1. The fraction of sp³-hybridized carbons (Fsp3) is 0.423. The Morgan fingerprint density at radius 3 is 2.50 bits per heavy atom. The summed E-state index contributed by atoms with van der Waals surface area (Å²) in [6.07, 6.45) is 0.673. The highest BCUT2D eigenvalue weighted by molar-refractivity contribution is 6.02. The number of nitrogens with zero attached hydrogens (tertiary/aromatic N) is 1. The lowest BCUT2D eigenvalue weighted by molar-refractivity contribution is -0.118. The van der Waals surface area contributed by atoms with E-state index in [0.29, 0.717) is 12.2 Å². The molecule has 1 aliphatic rings. The largest absolute Gasteiger partial charge is 0.508 e. The second kappa shape index (κ2) is 7.94. The molecule has 176 valence electrons. The lowest BCUT2D eigenvalue weighted by Crippen LogP contribution is -2.27. The van der Waals surface area contributed by atoms with Gasteiger partial charge >= 0.3 is 0 Å². The minimum absolute atomic E-state index is 0. The van der Waals surface area contributed by atoms with Gasteiger partial charge in [-0.1, -0.05) is 32.9 Å². The van der Waals surface area contributed by atoms with Crippen LogP contribution in [0.25, 0.3) is 10.9 Å². The van der Waals surface area contributed by atoms with Gasteiger partial charge in [-0.3, -0.25) is 4.79 Å². The number of hydrogen-bond donors (Lipinski definition) is 4. The van der Waals surface area contributed by atoms with Crippen LogP contribution in [-0.4, -0.2) is 38.5 Å². The van der Waals surface area contributed by atoms with Crippen molar-refractivity contribution in [3.8, 4) is 5.75 Å². The number of aryl methyl sites for hydroxylation is 1. The zero-order valence-electron chi connectivity index (χ0n) is 19.1. The molecule has 4 N–H and O–H groups in total. The number of amides is 1. The molecule has 1 aromatic heterocycles. The van der Waals surface area contributed by atoms with Crippen LogP contribution in [0.5, 0.6) is 5.75 Å². The highest BCUT2D eigenvalue weighted by Gasteiger charge is 2.51. The van der Waals surface area contributed by atoms with Gasteiger partial charge in [0.15, 0.2) is 0 Å². The van der Waals surface area contributed by atoms with Crippen molar-refractivity contribution in [3.05, 3.63) is 59.3 Å². The van der Waals surface area contributed by atoms with Gasteiger partial charge in [-0.15, -0.1) is 0 Å². The van der Waals surface area contributed by atoms with Gasteiger partial charge in [0.1, 0.15) is 5.75 Å². The van der Waals surface area contributed by atoms with Crippen molar-refractivity contribution in [1.29, 1.82) is 0 Å². The standard InChI is InChI=1S/C26H32N2O4.3H2/c1-16-5-6-18(13-22(16)31)26(9-10-26)24(32)27-19-7-8-21-17(11-19)12-23(25(2,3)4)28(21)14-20(30)15-29;;;/h5-8,11-13,20,29-31H,9-10,14-15H2,1-4H3,(H,27,32);3*1H/t20-;;;/m1.../s1. The fourth-order valence-corrected chi connectivity index (χ4v) is 4.36. The van der Waals surface area contributed by atoms with Gasteiger partial charge in [0, 0.05) is 32.0 Å². The van der Waals surface area contributed by atoms with Gasteiger partial charge in [0.05, 0.1) is 24.7 Å². The van der Waals surface area contributed by atoms with E-state index in [1.54, 1.807) is 6.07 Å². The minimum atomic E-state index is -0.841. The van der Waals surface area contributed by atoms with Crippen LogP contribution in [0.2, 0.25) is 0 Å². The van der Waals surface area contributed by atoms with E-state index in [1.165, 1.54) is 0 Å². The Morgan fingerprint density at radius 2 is 1.91 bits per heavy atom. The van der Waals surface area contributed by atoms with Gasteiger partial charge in [-0.25, -0.2) is 0 Å². The lowest BCUT2D eigenvalue weighted by atomic mass is 9.92. The molecular formula is C26H38N2O4. The average molecular weight is 443 g/mol. The molecule has 1 fully saturated rings. The van der Waals surface area contributed by atoms with E-state index in [1.807, 2.05) is 41.8 Å². The van der Waals surface area contributed by atoms with Gasteiger partial charge in [0.2, 0.25) is 5.91 Å². The number of nitrogens with one attached hydrogen (secondary N) is 1. The second-order valence-corrected chi connectivity index (χ2v) is 10.0. The third kappa shape index (κ3) is 4.00. The quantitative estimate of drug-likeness (QED) is 0.444. The molecule has 32 heavy (non-hydrogen) atoms. The Kier molecular flexibility index (Phi) is 5.55. The Labute approximate surface area is 193 Å². The van der Waals surface area contributed by atoms with E-state index in [9.17, 15) is 20.1 Å². The summed E-state index contributed by atoms with van der Waals surface area (Å²) in [5.41, 5.74) is 3.61. The van der Waals surface area contributed by atoms with E-state index in [4.69, 9.17) is 0 Å². The van der Waals surface area contributed by atoms with E-state index >= 15 is 0 Å². The monoisotopic (exact) mass is 442 g/mol. The summed E-state index contributed by atoms with van der Waals surface area (Å²) in [4.78, 5) is 13.2. The lowest BCUT2D eigenvalue weighted by Gasteiger charge is -2.23. The Morgan fingerprint density at radius 1 is 1.19 bits per heavy atom. The van der Waals surface area contributed by atoms with Crippen molar-refractivity contribution >= 4 is 22.5 Å². The number of anilines is 1. The van der Waals surface area contributed by atoms with Gasteiger partial charge in [0.25, 0.3) is 0 Å². The van der Waals surface area contributed by atoms with E-state index in [-0.39, 0.29) is 28.0 Å². The highest BCUT2D eigenvalue weighted by atomic mass is 16.3. The van der Waals surface area contributed by atoms with Crippen molar-refractivity contribution in [2.45, 2.75) is 64.0 Å². The number of aromatic nitrogens is 1. The number of rotatable bonds is 6. The molecule has 0 radical (unpaired) electrons. The fourth-order valence-electron chi connectivity index (χ4n) is 4.36. The Bertz CT molecular complexity index is 1180. The number of phenols is 1. The number of aliphatic hydroxyl groups excluding tert-OH is 2. The number of phenolic OH excluding ortho intramolecular Hbond substituents is 1. The predicted octanol–water partition coefficient (Wildman–Crippen LogP) is 4.71. The molecule has 1 aliphatic carbocycles. The molecule has 4 rings (SSSR count). The first-order valence-electron chi connectivity index (χ1n) is 11.1. The normalized spacial score (nSPS) is 16.2. The molecule has 6 nitrogen and oxygen atoms in total. The molecule has 6 heteroatoms. The van der Waals surface area contributed by atoms with E-state index in [2.05, 4.69) is 32.2 Å². The molecule has 2 aromatic carbocycles. The van der Waals surface area contributed by atoms with Crippen LogP contribution in [0.3, 0.4) is 0 Å². The van der Waals surface area contributed by atoms with Crippen molar-refractivity contribution in [2.75, 3.05) is 11.9 Å². The molecular weight excluding hydrogens is 404 g/mol. The number of benzene rings is 2. The first-order valence-corrected chi connectivity index (χ1v) is 11.1. The Hall–Kier alpha value is -2.83. The van der Waals surface area contributed by atoms with E-state index < -0.39 is 11.5 Å². The van der Waals surface area contributed by atoms with Crippen molar-refractivity contribution in [1.82, 2.24) is 4.57 Å². The predicted molar refractivity (Wildman–Crippen MR) is 132 cm³/mol. The topological polar surface area (TPSA) is 94.7 Å². The summed E-state index contributed by atoms with van der Waals surface area (Å²) in [6, 6.07) is 13.3. The Balaban J connectivity index is 0.00000204. The smallest absolute Gasteiger partial charge is 0.235 e. The second-order valence-electron chi connectivity index (χ2n) is 10.0. The zero-order chi connectivity index (χ0) is 23.3. The van der Waals surface area contributed by atoms with Gasteiger partial charge < -0.3 is 25.2 Å².